The van der Waals surface area contributed by atoms with Crippen molar-refractivity contribution in [3.8, 4) is 5.75 Å². The van der Waals surface area contributed by atoms with Gasteiger partial charge in [-0.05, 0) is 36.8 Å². The fraction of sp³-hybridized carbons (Fsp3) is 0.333. The van der Waals surface area contributed by atoms with Crippen molar-refractivity contribution >= 4 is 23.4 Å². The first kappa shape index (κ1) is 21.0. The quantitative estimate of drug-likeness (QED) is 0.666. The third-order valence-corrected chi connectivity index (χ3v) is 4.94. The molecule has 0 aliphatic carbocycles. The van der Waals surface area contributed by atoms with Crippen LogP contribution >= 0.6 is 11.6 Å². The summed E-state index contributed by atoms with van der Waals surface area (Å²) in [5.41, 5.74) is -0.0671. The molecule has 5 nitrogen and oxygen atoms in total. The molecule has 0 N–H and O–H groups in total. The lowest BCUT2D eigenvalue weighted by Gasteiger charge is -2.35. The van der Waals surface area contributed by atoms with Crippen molar-refractivity contribution in [1.82, 2.24) is 9.80 Å². The average molecular weight is 423 g/mol. The third kappa shape index (κ3) is 5.44. The van der Waals surface area contributed by atoms with E-state index in [9.17, 15) is 18.4 Å². The van der Waals surface area contributed by atoms with Crippen molar-refractivity contribution < 1.29 is 23.1 Å². The lowest BCUT2D eigenvalue weighted by Crippen LogP contribution is -2.50. The van der Waals surface area contributed by atoms with Crippen LogP contribution in [0.15, 0.2) is 42.5 Å². The predicted octanol–water partition coefficient (Wildman–Crippen LogP) is 3.76. The standard InChI is InChI=1S/C21H21ClF2N2O3/c22-15-7-8-17(23)16(14-15)21(28)26-11-9-25(10-12-26)20(27)6-3-13-29-19-5-2-1-4-18(19)24/h1-2,4-5,7-8,14H,3,6,9-13H2. The summed E-state index contributed by atoms with van der Waals surface area (Å²) in [5.74, 6) is -1.37. The summed E-state index contributed by atoms with van der Waals surface area (Å²) in [6.45, 7) is 1.63. The molecule has 0 aromatic heterocycles. The summed E-state index contributed by atoms with van der Waals surface area (Å²) in [7, 11) is 0. The smallest absolute Gasteiger partial charge is 0.257 e. The van der Waals surface area contributed by atoms with E-state index in [1.165, 1.54) is 35.2 Å². The molecule has 0 spiro atoms. The number of ether oxygens (including phenoxy) is 1. The molecule has 0 bridgehead atoms. The van der Waals surface area contributed by atoms with Gasteiger partial charge in [0.05, 0.1) is 12.2 Å². The van der Waals surface area contributed by atoms with Gasteiger partial charge < -0.3 is 14.5 Å². The summed E-state index contributed by atoms with van der Waals surface area (Å²) in [4.78, 5) is 28.0. The zero-order chi connectivity index (χ0) is 20.8. The largest absolute Gasteiger partial charge is 0.491 e. The van der Waals surface area contributed by atoms with Crippen LogP contribution in [0.1, 0.15) is 23.2 Å². The van der Waals surface area contributed by atoms with Crippen LogP contribution in [0.5, 0.6) is 5.75 Å². The van der Waals surface area contributed by atoms with E-state index in [-0.39, 0.29) is 30.2 Å². The Balaban J connectivity index is 1.43. The number of benzene rings is 2. The van der Waals surface area contributed by atoms with Crippen LogP contribution in [0.25, 0.3) is 0 Å². The molecule has 1 heterocycles. The van der Waals surface area contributed by atoms with E-state index in [2.05, 4.69) is 0 Å². The van der Waals surface area contributed by atoms with Gasteiger partial charge in [-0.15, -0.1) is 0 Å². The molecule has 1 fully saturated rings. The molecule has 0 atom stereocenters. The monoisotopic (exact) mass is 422 g/mol. The number of para-hydroxylation sites is 1. The SMILES string of the molecule is O=C(CCCOc1ccccc1F)N1CCN(C(=O)c2cc(Cl)ccc2F)CC1. The van der Waals surface area contributed by atoms with Crippen LogP contribution in [0.3, 0.4) is 0 Å². The number of carbonyl (C=O) groups is 2. The summed E-state index contributed by atoms with van der Waals surface area (Å²) in [6.07, 6.45) is 0.728. The molecule has 1 aliphatic rings. The van der Waals surface area contributed by atoms with E-state index in [0.717, 1.165) is 0 Å². The van der Waals surface area contributed by atoms with Crippen LogP contribution in [0, 0.1) is 11.6 Å². The van der Waals surface area contributed by atoms with Crippen molar-refractivity contribution in [2.75, 3.05) is 32.8 Å². The Morgan fingerprint density at radius 2 is 1.66 bits per heavy atom. The van der Waals surface area contributed by atoms with Gasteiger partial charge in [-0.3, -0.25) is 9.59 Å². The lowest BCUT2D eigenvalue weighted by molar-refractivity contribution is -0.132. The summed E-state index contributed by atoms with van der Waals surface area (Å²) in [5, 5.41) is 0.293. The van der Waals surface area contributed by atoms with Gasteiger partial charge in [-0.2, -0.15) is 0 Å². The molecule has 2 aromatic carbocycles. The van der Waals surface area contributed by atoms with Gasteiger partial charge in [-0.1, -0.05) is 23.7 Å². The van der Waals surface area contributed by atoms with Crippen LogP contribution in [-0.4, -0.2) is 54.4 Å². The van der Waals surface area contributed by atoms with Crippen LogP contribution < -0.4 is 4.74 Å². The molecule has 3 rings (SSSR count). The summed E-state index contributed by atoms with van der Waals surface area (Å²) in [6, 6.07) is 9.98. The Morgan fingerprint density at radius 3 is 2.38 bits per heavy atom. The number of halogens is 3. The van der Waals surface area contributed by atoms with Gasteiger partial charge in [0.1, 0.15) is 5.82 Å². The van der Waals surface area contributed by atoms with E-state index < -0.39 is 17.5 Å². The molecule has 29 heavy (non-hydrogen) atoms. The molecular formula is C21H21ClF2N2O3. The van der Waals surface area contributed by atoms with Crippen LogP contribution in [0.4, 0.5) is 8.78 Å². The van der Waals surface area contributed by atoms with Gasteiger partial charge in [-0.25, -0.2) is 8.78 Å². The number of amides is 2. The molecule has 0 saturated carbocycles. The summed E-state index contributed by atoms with van der Waals surface area (Å²) >= 11 is 5.85. The zero-order valence-electron chi connectivity index (χ0n) is 15.7. The molecular weight excluding hydrogens is 402 g/mol. The van der Waals surface area contributed by atoms with Crippen molar-refractivity contribution in [2.24, 2.45) is 0 Å². The lowest BCUT2D eigenvalue weighted by atomic mass is 10.1. The van der Waals surface area contributed by atoms with Crippen molar-refractivity contribution in [3.63, 3.8) is 0 Å². The van der Waals surface area contributed by atoms with Gasteiger partial charge in [0.15, 0.2) is 11.6 Å². The Morgan fingerprint density at radius 1 is 0.966 bits per heavy atom. The molecule has 1 saturated heterocycles. The topological polar surface area (TPSA) is 49.9 Å². The summed E-state index contributed by atoms with van der Waals surface area (Å²) < 4.78 is 32.7. The normalized spacial score (nSPS) is 14.0. The van der Waals surface area contributed by atoms with E-state index >= 15 is 0 Å². The molecule has 1 aliphatic heterocycles. The van der Waals surface area contributed by atoms with Crippen molar-refractivity contribution in [3.05, 3.63) is 64.7 Å². The predicted molar refractivity (Wildman–Crippen MR) is 105 cm³/mol. The maximum absolute atomic E-state index is 13.9. The number of hydrogen-bond acceptors (Lipinski definition) is 3. The van der Waals surface area contributed by atoms with Gasteiger partial charge >= 0.3 is 0 Å². The van der Waals surface area contributed by atoms with E-state index in [0.29, 0.717) is 37.6 Å². The highest BCUT2D eigenvalue weighted by Crippen LogP contribution is 2.18. The number of hydrogen-bond donors (Lipinski definition) is 0. The van der Waals surface area contributed by atoms with Gasteiger partial charge in [0.2, 0.25) is 5.91 Å². The van der Waals surface area contributed by atoms with Gasteiger partial charge in [0.25, 0.3) is 5.91 Å². The fourth-order valence-electron chi connectivity index (χ4n) is 3.12. The first-order valence-electron chi connectivity index (χ1n) is 9.35. The highest BCUT2D eigenvalue weighted by Gasteiger charge is 2.26. The average Bonchev–Trinajstić information content (AvgIpc) is 2.73. The first-order valence-corrected chi connectivity index (χ1v) is 9.73. The fourth-order valence-corrected chi connectivity index (χ4v) is 3.29. The molecule has 2 aromatic rings. The van der Waals surface area contributed by atoms with Crippen LogP contribution in [-0.2, 0) is 4.79 Å². The number of carbonyl (C=O) groups excluding carboxylic acids is 2. The number of rotatable bonds is 6. The van der Waals surface area contributed by atoms with Crippen LogP contribution in [0.2, 0.25) is 5.02 Å². The second-order valence-electron chi connectivity index (χ2n) is 6.68. The second-order valence-corrected chi connectivity index (χ2v) is 7.12. The molecule has 0 unspecified atom stereocenters. The first-order chi connectivity index (χ1) is 14.0. The van der Waals surface area contributed by atoms with Gasteiger partial charge in [0, 0.05) is 37.6 Å². The minimum absolute atomic E-state index is 0.0526. The minimum atomic E-state index is -0.618. The Labute approximate surface area is 172 Å². The molecule has 0 radical (unpaired) electrons. The second kappa shape index (κ2) is 9.69. The van der Waals surface area contributed by atoms with Crippen molar-refractivity contribution in [2.45, 2.75) is 12.8 Å². The Kier molecular flexibility index (Phi) is 7.04. The number of nitrogens with zero attached hydrogens (tertiary/aromatic N) is 2. The molecule has 8 heteroatoms. The third-order valence-electron chi connectivity index (χ3n) is 4.71. The van der Waals surface area contributed by atoms with E-state index in [1.807, 2.05) is 0 Å². The highest BCUT2D eigenvalue weighted by molar-refractivity contribution is 6.31. The van der Waals surface area contributed by atoms with E-state index in [1.54, 1.807) is 17.0 Å². The maximum Gasteiger partial charge on any atom is 0.257 e. The maximum atomic E-state index is 13.9. The molecule has 154 valence electrons. The minimum Gasteiger partial charge on any atom is -0.491 e. The van der Waals surface area contributed by atoms with E-state index in [4.69, 9.17) is 16.3 Å². The van der Waals surface area contributed by atoms with Crippen molar-refractivity contribution in [1.29, 1.82) is 0 Å². The number of piperazine rings is 1. The molecule has 2 amide bonds. The Hall–Kier alpha value is -2.67. The highest BCUT2D eigenvalue weighted by atomic mass is 35.5. The Bertz CT molecular complexity index is 886. The zero-order valence-corrected chi connectivity index (χ0v) is 16.5.